The van der Waals surface area contributed by atoms with Crippen LogP contribution in [-0.2, 0) is 11.3 Å². The summed E-state index contributed by atoms with van der Waals surface area (Å²) in [6.45, 7) is 8.87. The van der Waals surface area contributed by atoms with Crippen molar-refractivity contribution < 1.29 is 9.90 Å². The van der Waals surface area contributed by atoms with Crippen LogP contribution in [0.2, 0.25) is 0 Å². The van der Waals surface area contributed by atoms with Crippen molar-refractivity contribution >= 4 is 5.97 Å². The summed E-state index contributed by atoms with van der Waals surface area (Å²) in [5, 5.41) is 12.3. The molecule has 1 heterocycles. The Balaban J connectivity index is 2.71. The molecule has 0 saturated heterocycles. The molecule has 0 aliphatic rings. The Morgan fingerprint density at radius 2 is 2.24 bits per heavy atom. The summed E-state index contributed by atoms with van der Waals surface area (Å²) < 4.78 is 1.99. The average Bonchev–Trinajstić information content (AvgIpc) is 2.57. The maximum absolute atomic E-state index is 11.2. The molecule has 0 saturated carbocycles. The van der Waals surface area contributed by atoms with Crippen LogP contribution < -0.4 is 5.32 Å². The largest absolute Gasteiger partial charge is 0.480 e. The summed E-state index contributed by atoms with van der Waals surface area (Å²) in [7, 11) is 0. The van der Waals surface area contributed by atoms with Crippen molar-refractivity contribution in [2.75, 3.05) is 6.54 Å². The van der Waals surface area contributed by atoms with Crippen molar-refractivity contribution in [2.24, 2.45) is 0 Å². The van der Waals surface area contributed by atoms with E-state index in [4.69, 9.17) is 0 Å². The lowest BCUT2D eigenvalue weighted by Gasteiger charge is -2.26. The Kier molecular flexibility index (Phi) is 4.28. The van der Waals surface area contributed by atoms with Gasteiger partial charge in [-0.3, -0.25) is 4.79 Å². The van der Waals surface area contributed by atoms with Gasteiger partial charge in [-0.2, -0.15) is 0 Å². The molecule has 1 unspecified atom stereocenters. The summed E-state index contributed by atoms with van der Waals surface area (Å²) in [6, 6.07) is 0. The number of imidazole rings is 1. The molecule has 0 aromatic carbocycles. The van der Waals surface area contributed by atoms with E-state index in [0.717, 1.165) is 11.4 Å². The molecular weight excluding hydrogens is 218 g/mol. The molecule has 0 aliphatic heterocycles. The molecule has 5 nitrogen and oxygen atoms in total. The summed E-state index contributed by atoms with van der Waals surface area (Å²) >= 11 is 0. The van der Waals surface area contributed by atoms with E-state index in [1.807, 2.05) is 25.3 Å². The minimum absolute atomic E-state index is 0.535. The molecule has 1 rings (SSSR count). The summed E-state index contributed by atoms with van der Waals surface area (Å²) in [5.41, 5.74) is 1.21. The highest BCUT2D eigenvalue weighted by molar-refractivity contribution is 5.78. The van der Waals surface area contributed by atoms with Crippen molar-refractivity contribution in [1.82, 2.24) is 14.9 Å². The standard InChI is InChI=1S/C12H21N3O2/c1-5-14-12(4,11(16)17)6-7-15-8-13-9(2)10(15)3/h8,14H,5-7H2,1-4H3,(H,16,17). The Morgan fingerprint density at radius 3 is 2.65 bits per heavy atom. The van der Waals surface area contributed by atoms with Gasteiger partial charge in [0.25, 0.3) is 0 Å². The maximum atomic E-state index is 11.2. The molecule has 0 fully saturated rings. The second kappa shape index (κ2) is 5.31. The second-order valence-electron chi connectivity index (χ2n) is 4.53. The van der Waals surface area contributed by atoms with Crippen LogP contribution in [0.15, 0.2) is 6.33 Å². The minimum atomic E-state index is -0.876. The summed E-state index contributed by atoms with van der Waals surface area (Å²) in [6.07, 6.45) is 2.30. The van der Waals surface area contributed by atoms with E-state index in [-0.39, 0.29) is 0 Å². The predicted octanol–water partition coefficient (Wildman–Crippen LogP) is 1.34. The van der Waals surface area contributed by atoms with Gasteiger partial charge in [0.1, 0.15) is 5.54 Å². The number of carboxylic acid groups (broad SMARTS) is 1. The number of aryl methyl sites for hydroxylation is 2. The van der Waals surface area contributed by atoms with Crippen molar-refractivity contribution in [3.05, 3.63) is 17.7 Å². The number of aromatic nitrogens is 2. The monoisotopic (exact) mass is 239 g/mol. The van der Waals surface area contributed by atoms with Crippen LogP contribution in [0.4, 0.5) is 0 Å². The molecule has 0 aliphatic carbocycles. The van der Waals surface area contributed by atoms with Gasteiger partial charge in [-0.1, -0.05) is 6.92 Å². The maximum Gasteiger partial charge on any atom is 0.323 e. The Morgan fingerprint density at radius 1 is 1.59 bits per heavy atom. The van der Waals surface area contributed by atoms with Crippen LogP contribution >= 0.6 is 0 Å². The van der Waals surface area contributed by atoms with E-state index in [9.17, 15) is 9.90 Å². The first-order chi connectivity index (χ1) is 7.90. The number of hydrogen-bond acceptors (Lipinski definition) is 3. The van der Waals surface area contributed by atoms with Crippen molar-refractivity contribution in [1.29, 1.82) is 0 Å². The smallest absolute Gasteiger partial charge is 0.323 e. The van der Waals surface area contributed by atoms with Gasteiger partial charge in [-0.05, 0) is 33.7 Å². The van der Waals surface area contributed by atoms with Gasteiger partial charge in [0.15, 0.2) is 0 Å². The first kappa shape index (κ1) is 13.7. The lowest BCUT2D eigenvalue weighted by Crippen LogP contribution is -2.50. The van der Waals surface area contributed by atoms with E-state index in [0.29, 0.717) is 19.5 Å². The van der Waals surface area contributed by atoms with Crippen LogP contribution in [0, 0.1) is 13.8 Å². The third kappa shape index (κ3) is 3.06. The zero-order valence-electron chi connectivity index (χ0n) is 10.9. The lowest BCUT2D eigenvalue weighted by molar-refractivity contribution is -0.144. The lowest BCUT2D eigenvalue weighted by atomic mass is 9.98. The average molecular weight is 239 g/mol. The molecule has 96 valence electrons. The van der Waals surface area contributed by atoms with Gasteiger partial charge < -0.3 is 15.0 Å². The first-order valence-corrected chi connectivity index (χ1v) is 5.87. The third-order valence-corrected chi connectivity index (χ3v) is 3.24. The quantitative estimate of drug-likeness (QED) is 0.786. The summed E-state index contributed by atoms with van der Waals surface area (Å²) in [4.78, 5) is 15.4. The Hall–Kier alpha value is -1.36. The molecule has 0 spiro atoms. The van der Waals surface area contributed by atoms with Crippen molar-refractivity contribution in [2.45, 2.75) is 46.2 Å². The van der Waals surface area contributed by atoms with Gasteiger partial charge in [0.2, 0.25) is 0 Å². The highest BCUT2D eigenvalue weighted by atomic mass is 16.4. The summed E-state index contributed by atoms with van der Waals surface area (Å²) in [5.74, 6) is -0.811. The number of carbonyl (C=O) groups is 1. The molecule has 1 aromatic rings. The number of hydrogen-bond donors (Lipinski definition) is 2. The van der Waals surface area contributed by atoms with Crippen molar-refractivity contribution in [3.8, 4) is 0 Å². The second-order valence-corrected chi connectivity index (χ2v) is 4.53. The molecule has 0 bridgehead atoms. The van der Waals surface area contributed by atoms with Crippen LogP contribution in [0.25, 0.3) is 0 Å². The Bertz CT molecular complexity index is 400. The molecule has 17 heavy (non-hydrogen) atoms. The van der Waals surface area contributed by atoms with Crippen LogP contribution in [-0.4, -0.2) is 32.7 Å². The van der Waals surface area contributed by atoms with Gasteiger partial charge in [0, 0.05) is 12.2 Å². The van der Waals surface area contributed by atoms with E-state index >= 15 is 0 Å². The number of nitrogens with one attached hydrogen (secondary N) is 1. The van der Waals surface area contributed by atoms with E-state index in [1.165, 1.54) is 0 Å². The fourth-order valence-electron chi connectivity index (χ4n) is 1.77. The van der Waals surface area contributed by atoms with Gasteiger partial charge >= 0.3 is 5.97 Å². The minimum Gasteiger partial charge on any atom is -0.480 e. The fourth-order valence-corrected chi connectivity index (χ4v) is 1.77. The molecule has 1 aromatic heterocycles. The number of nitrogens with zero attached hydrogens (tertiary/aromatic N) is 2. The molecular formula is C12H21N3O2. The highest BCUT2D eigenvalue weighted by Gasteiger charge is 2.31. The normalized spacial score (nSPS) is 14.6. The van der Waals surface area contributed by atoms with Gasteiger partial charge in [0.05, 0.1) is 12.0 Å². The van der Waals surface area contributed by atoms with Crippen LogP contribution in [0.1, 0.15) is 31.7 Å². The van der Waals surface area contributed by atoms with Gasteiger partial charge in [-0.15, -0.1) is 0 Å². The SMILES string of the molecule is CCNC(C)(CCn1cnc(C)c1C)C(=O)O. The van der Waals surface area contributed by atoms with Crippen LogP contribution in [0.5, 0.6) is 0 Å². The van der Waals surface area contributed by atoms with Crippen molar-refractivity contribution in [3.63, 3.8) is 0 Å². The number of likely N-dealkylation sites (N-methyl/N-ethyl adjacent to an activating group) is 1. The zero-order valence-corrected chi connectivity index (χ0v) is 10.9. The molecule has 5 heteroatoms. The van der Waals surface area contributed by atoms with E-state index in [1.54, 1.807) is 13.3 Å². The number of carboxylic acids is 1. The first-order valence-electron chi connectivity index (χ1n) is 5.87. The fraction of sp³-hybridized carbons (Fsp3) is 0.667. The molecule has 0 amide bonds. The highest BCUT2D eigenvalue weighted by Crippen LogP contribution is 2.13. The van der Waals surface area contributed by atoms with Gasteiger partial charge in [-0.25, -0.2) is 4.98 Å². The number of aliphatic carboxylic acids is 1. The van der Waals surface area contributed by atoms with E-state index in [2.05, 4.69) is 10.3 Å². The topological polar surface area (TPSA) is 67.2 Å². The predicted molar refractivity (Wildman–Crippen MR) is 66.0 cm³/mol. The van der Waals surface area contributed by atoms with Crippen LogP contribution in [0.3, 0.4) is 0 Å². The Labute approximate surface area is 102 Å². The zero-order chi connectivity index (χ0) is 13.1. The molecule has 2 N–H and O–H groups in total. The number of rotatable bonds is 6. The molecule has 1 atom stereocenters. The van der Waals surface area contributed by atoms with E-state index < -0.39 is 11.5 Å². The molecule has 0 radical (unpaired) electrons. The third-order valence-electron chi connectivity index (χ3n) is 3.24.